The molecule has 2 heteroatoms. The fourth-order valence-electron chi connectivity index (χ4n) is 6.26. The standard InChI is InChI=1S/C37H23NO/c39-37-33-18-6-5-16-30(33)32-17-8-10-20-36(32)38(37)35-19-9-7-11-25(35)24-21-22-31-28-14-2-1-12-26(28)27-13-3-4-15-29(27)34(31)23-24/h1-23H. The number of hydrogen-bond acceptors (Lipinski definition) is 1. The van der Waals surface area contributed by atoms with Crippen molar-refractivity contribution >= 4 is 54.0 Å². The highest BCUT2D eigenvalue weighted by molar-refractivity contribution is 6.25. The average Bonchev–Trinajstić information content (AvgIpc) is 3.01. The van der Waals surface area contributed by atoms with Gasteiger partial charge in [0.2, 0.25) is 0 Å². The molecule has 0 unspecified atom stereocenters. The zero-order valence-corrected chi connectivity index (χ0v) is 21.1. The molecule has 7 aromatic carbocycles. The molecule has 0 fully saturated rings. The van der Waals surface area contributed by atoms with Gasteiger partial charge in [0.25, 0.3) is 5.56 Å². The Labute approximate surface area is 225 Å². The number of benzene rings is 7. The van der Waals surface area contributed by atoms with E-state index in [0.29, 0.717) is 0 Å². The summed E-state index contributed by atoms with van der Waals surface area (Å²) in [6.07, 6.45) is 0. The van der Waals surface area contributed by atoms with E-state index >= 15 is 0 Å². The van der Waals surface area contributed by atoms with Crippen LogP contribution in [0.5, 0.6) is 0 Å². The summed E-state index contributed by atoms with van der Waals surface area (Å²) in [7, 11) is 0. The minimum Gasteiger partial charge on any atom is -0.276 e. The lowest BCUT2D eigenvalue weighted by Gasteiger charge is -2.17. The van der Waals surface area contributed by atoms with E-state index in [4.69, 9.17) is 0 Å². The first-order valence-electron chi connectivity index (χ1n) is 13.2. The van der Waals surface area contributed by atoms with Crippen LogP contribution in [0, 0.1) is 0 Å². The van der Waals surface area contributed by atoms with Gasteiger partial charge in [-0.3, -0.25) is 9.36 Å². The zero-order valence-electron chi connectivity index (χ0n) is 21.1. The molecule has 0 N–H and O–H groups in total. The summed E-state index contributed by atoms with van der Waals surface area (Å²) in [5.41, 5.74) is 3.90. The average molecular weight is 498 g/mol. The molecule has 0 saturated carbocycles. The van der Waals surface area contributed by atoms with Crippen molar-refractivity contribution in [3.8, 4) is 16.8 Å². The van der Waals surface area contributed by atoms with Gasteiger partial charge < -0.3 is 0 Å². The van der Waals surface area contributed by atoms with Gasteiger partial charge in [-0.2, -0.15) is 0 Å². The van der Waals surface area contributed by atoms with Crippen LogP contribution in [0.2, 0.25) is 0 Å². The summed E-state index contributed by atoms with van der Waals surface area (Å²) in [4.78, 5) is 14.0. The third kappa shape index (κ3) is 3.19. The number of hydrogen-bond donors (Lipinski definition) is 0. The Balaban J connectivity index is 1.47. The molecule has 2 nitrogen and oxygen atoms in total. The van der Waals surface area contributed by atoms with E-state index in [1.54, 1.807) is 0 Å². The fourth-order valence-corrected chi connectivity index (χ4v) is 6.26. The molecule has 39 heavy (non-hydrogen) atoms. The maximum Gasteiger partial charge on any atom is 0.263 e. The molecule has 0 aliphatic carbocycles. The smallest absolute Gasteiger partial charge is 0.263 e. The Morgan fingerprint density at radius 2 is 0.846 bits per heavy atom. The highest BCUT2D eigenvalue weighted by Crippen LogP contribution is 2.38. The maximum atomic E-state index is 14.0. The Morgan fingerprint density at radius 3 is 1.51 bits per heavy atom. The van der Waals surface area contributed by atoms with Crippen LogP contribution >= 0.6 is 0 Å². The van der Waals surface area contributed by atoms with Gasteiger partial charge in [-0.15, -0.1) is 0 Å². The first-order chi connectivity index (χ1) is 19.3. The van der Waals surface area contributed by atoms with Crippen LogP contribution < -0.4 is 5.56 Å². The van der Waals surface area contributed by atoms with Crippen molar-refractivity contribution in [2.75, 3.05) is 0 Å². The van der Waals surface area contributed by atoms with E-state index in [2.05, 4.69) is 91.0 Å². The van der Waals surface area contributed by atoms with Crippen LogP contribution in [0.25, 0.3) is 70.8 Å². The van der Waals surface area contributed by atoms with Gasteiger partial charge in [0, 0.05) is 16.3 Å². The summed E-state index contributed by atoms with van der Waals surface area (Å²) in [6.45, 7) is 0. The molecular weight excluding hydrogens is 474 g/mol. The van der Waals surface area contributed by atoms with E-state index in [-0.39, 0.29) is 5.56 Å². The summed E-state index contributed by atoms with van der Waals surface area (Å²) in [5, 5.41) is 10.2. The summed E-state index contributed by atoms with van der Waals surface area (Å²) >= 11 is 0. The molecule has 0 aliphatic rings. The quantitative estimate of drug-likeness (QED) is 0.218. The summed E-state index contributed by atoms with van der Waals surface area (Å²) < 4.78 is 1.88. The van der Waals surface area contributed by atoms with E-state index in [9.17, 15) is 4.79 Å². The van der Waals surface area contributed by atoms with Crippen LogP contribution in [0.4, 0.5) is 0 Å². The molecule has 182 valence electrons. The van der Waals surface area contributed by atoms with Crippen molar-refractivity contribution in [3.63, 3.8) is 0 Å². The van der Waals surface area contributed by atoms with Crippen LogP contribution in [-0.4, -0.2) is 4.57 Å². The number of aromatic nitrogens is 1. The lowest BCUT2D eigenvalue weighted by molar-refractivity contribution is 1.06. The Bertz CT molecular complexity index is 2270. The highest BCUT2D eigenvalue weighted by Gasteiger charge is 2.16. The number of fused-ring (bicyclic) bond motifs is 9. The van der Waals surface area contributed by atoms with Crippen LogP contribution in [0.15, 0.2) is 144 Å². The minimum atomic E-state index is -0.00557. The van der Waals surface area contributed by atoms with Gasteiger partial charge in [-0.1, -0.05) is 115 Å². The van der Waals surface area contributed by atoms with Crippen molar-refractivity contribution in [1.82, 2.24) is 4.57 Å². The predicted molar refractivity (Wildman–Crippen MR) is 165 cm³/mol. The Kier molecular flexibility index (Phi) is 4.71. The molecule has 0 bridgehead atoms. The van der Waals surface area contributed by atoms with Gasteiger partial charge in [0.1, 0.15) is 0 Å². The van der Waals surface area contributed by atoms with Crippen LogP contribution in [0.3, 0.4) is 0 Å². The normalized spacial score (nSPS) is 11.7. The number of para-hydroxylation sites is 2. The molecule has 0 spiro atoms. The predicted octanol–water partition coefficient (Wildman–Crippen LogP) is 9.27. The second-order valence-electron chi connectivity index (χ2n) is 10.1. The molecule has 8 aromatic rings. The molecule has 0 atom stereocenters. The van der Waals surface area contributed by atoms with Gasteiger partial charge in [-0.25, -0.2) is 0 Å². The lowest BCUT2D eigenvalue weighted by atomic mass is 9.91. The van der Waals surface area contributed by atoms with Crippen molar-refractivity contribution < 1.29 is 0 Å². The molecule has 0 radical (unpaired) electrons. The van der Waals surface area contributed by atoms with E-state index in [1.165, 1.54) is 32.3 Å². The molecular formula is C37H23NO. The number of nitrogens with zero attached hydrogens (tertiary/aromatic N) is 1. The second-order valence-corrected chi connectivity index (χ2v) is 10.1. The molecule has 8 rings (SSSR count). The Morgan fingerprint density at radius 1 is 0.385 bits per heavy atom. The first kappa shape index (κ1) is 21.8. The topological polar surface area (TPSA) is 22.0 Å². The molecule has 0 amide bonds. The van der Waals surface area contributed by atoms with E-state index in [1.807, 2.05) is 53.1 Å². The lowest BCUT2D eigenvalue weighted by Crippen LogP contribution is -2.19. The van der Waals surface area contributed by atoms with E-state index < -0.39 is 0 Å². The Hall–Kier alpha value is -5.21. The van der Waals surface area contributed by atoms with Gasteiger partial charge in [0.05, 0.1) is 11.2 Å². The molecule has 1 aromatic heterocycles. The van der Waals surface area contributed by atoms with Crippen LogP contribution in [-0.2, 0) is 0 Å². The van der Waals surface area contributed by atoms with Crippen molar-refractivity contribution in [2.45, 2.75) is 0 Å². The SMILES string of the molecule is O=c1c2ccccc2c2ccccc2n1-c1ccccc1-c1ccc2c3ccccc3c3ccccc3c2c1. The monoisotopic (exact) mass is 497 g/mol. The van der Waals surface area contributed by atoms with Gasteiger partial charge >= 0.3 is 0 Å². The number of pyridine rings is 1. The fraction of sp³-hybridized carbons (Fsp3) is 0. The van der Waals surface area contributed by atoms with Gasteiger partial charge in [-0.05, 0) is 67.5 Å². The van der Waals surface area contributed by atoms with Crippen molar-refractivity contribution in [2.24, 2.45) is 0 Å². The van der Waals surface area contributed by atoms with Crippen molar-refractivity contribution in [3.05, 3.63) is 150 Å². The largest absolute Gasteiger partial charge is 0.276 e. The summed E-state index contributed by atoms with van der Waals surface area (Å²) in [5.74, 6) is 0. The third-order valence-electron chi connectivity index (χ3n) is 8.00. The summed E-state index contributed by atoms with van der Waals surface area (Å²) in [6, 6.07) is 48.3. The van der Waals surface area contributed by atoms with Crippen LogP contribution in [0.1, 0.15) is 0 Å². The highest BCUT2D eigenvalue weighted by atomic mass is 16.1. The minimum absolute atomic E-state index is 0.00557. The molecule has 1 heterocycles. The molecule has 0 aliphatic heterocycles. The number of rotatable bonds is 2. The van der Waals surface area contributed by atoms with Gasteiger partial charge in [0.15, 0.2) is 0 Å². The second kappa shape index (κ2) is 8.41. The zero-order chi connectivity index (χ0) is 25.9. The third-order valence-corrected chi connectivity index (χ3v) is 8.00. The maximum absolute atomic E-state index is 14.0. The first-order valence-corrected chi connectivity index (χ1v) is 13.2. The molecule has 0 saturated heterocycles. The van der Waals surface area contributed by atoms with Crippen molar-refractivity contribution in [1.29, 1.82) is 0 Å². The van der Waals surface area contributed by atoms with E-state index in [0.717, 1.165) is 38.5 Å².